The third kappa shape index (κ3) is 13.1. The van der Waals surface area contributed by atoms with Gasteiger partial charge < -0.3 is 24.8 Å². The molecule has 1 heterocycles. The van der Waals surface area contributed by atoms with E-state index in [-0.39, 0.29) is 13.2 Å². The second-order valence-electron chi connectivity index (χ2n) is 8.74. The zero-order chi connectivity index (χ0) is 21.9. The number of aliphatic hydroxyl groups excluding tert-OH is 3. The summed E-state index contributed by atoms with van der Waals surface area (Å²) in [5.74, 6) is 0. The predicted octanol–water partition coefficient (Wildman–Crippen LogP) is 4.91. The topological polar surface area (TPSA) is 79.2 Å². The minimum absolute atomic E-state index is 0.154. The molecule has 0 unspecified atom stereocenters. The molecule has 5 heteroatoms. The van der Waals surface area contributed by atoms with Crippen LogP contribution in [0.25, 0.3) is 0 Å². The smallest absolute Gasteiger partial charge is 0.114 e. The predicted molar refractivity (Wildman–Crippen MR) is 123 cm³/mol. The average Bonchev–Trinajstić information content (AvgIpc) is 3.12. The van der Waals surface area contributed by atoms with Crippen LogP contribution in [0.5, 0.6) is 0 Å². The monoisotopic (exact) mass is 428 g/mol. The molecule has 0 aromatic heterocycles. The van der Waals surface area contributed by atoms with Gasteiger partial charge in [-0.1, -0.05) is 83.3 Å². The number of rotatable bonds is 20. The average molecular weight is 429 g/mol. The molecule has 1 fully saturated rings. The minimum atomic E-state index is -1.00. The highest BCUT2D eigenvalue weighted by Crippen LogP contribution is 2.21. The van der Waals surface area contributed by atoms with E-state index >= 15 is 0 Å². The molecule has 0 radical (unpaired) electrons. The van der Waals surface area contributed by atoms with Crippen molar-refractivity contribution >= 4 is 0 Å². The fraction of sp³-hybridized carbons (Fsp3) is 0.920. The quantitative estimate of drug-likeness (QED) is 0.190. The van der Waals surface area contributed by atoms with Gasteiger partial charge in [-0.05, 0) is 32.1 Å². The molecule has 0 aliphatic carbocycles. The number of aliphatic hydroxyl groups is 3. The maximum absolute atomic E-state index is 9.90. The van der Waals surface area contributed by atoms with Crippen LogP contribution in [0.15, 0.2) is 12.2 Å². The van der Waals surface area contributed by atoms with Gasteiger partial charge in [-0.25, -0.2) is 0 Å². The maximum Gasteiger partial charge on any atom is 0.114 e. The molecule has 0 bridgehead atoms. The lowest BCUT2D eigenvalue weighted by molar-refractivity contribution is -0.0938. The minimum Gasteiger partial charge on any atom is -0.394 e. The van der Waals surface area contributed by atoms with Crippen LogP contribution >= 0.6 is 0 Å². The highest BCUT2D eigenvalue weighted by Gasteiger charge is 2.40. The summed E-state index contributed by atoms with van der Waals surface area (Å²) in [4.78, 5) is 0. The standard InChI is InChI=1S/C25H48O5/c1-2-3-4-5-6-7-8-9-10-11-12-13-14-15-16-17-18-19-29-25-23(28)21-30-24(25)22(27)20-26/h8-9,22-28H,2-7,10-21H2,1H3/b9-8+/t22-,23+,24-,25-/m0/s1. The van der Waals surface area contributed by atoms with Crippen LogP contribution in [-0.2, 0) is 9.47 Å². The number of ether oxygens (including phenoxy) is 2. The van der Waals surface area contributed by atoms with Crippen LogP contribution in [0, 0.1) is 0 Å². The van der Waals surface area contributed by atoms with Gasteiger partial charge in [-0.15, -0.1) is 0 Å². The fourth-order valence-electron chi connectivity index (χ4n) is 4.00. The summed E-state index contributed by atoms with van der Waals surface area (Å²) in [5, 5.41) is 28.7. The van der Waals surface area contributed by atoms with Gasteiger partial charge in [0.1, 0.15) is 24.4 Å². The molecule has 30 heavy (non-hydrogen) atoms. The molecule has 1 aliphatic rings. The lowest BCUT2D eigenvalue weighted by Gasteiger charge is -2.23. The molecule has 0 aromatic rings. The highest BCUT2D eigenvalue weighted by molar-refractivity contribution is 4.89. The number of unbranched alkanes of at least 4 members (excludes halogenated alkanes) is 13. The van der Waals surface area contributed by atoms with Crippen LogP contribution in [-0.4, -0.2) is 59.6 Å². The molecule has 0 amide bonds. The van der Waals surface area contributed by atoms with Crippen LogP contribution in [0.1, 0.15) is 103 Å². The third-order valence-corrected chi connectivity index (χ3v) is 5.95. The largest absolute Gasteiger partial charge is 0.394 e. The molecule has 178 valence electrons. The van der Waals surface area contributed by atoms with Crippen molar-refractivity contribution in [1.82, 2.24) is 0 Å². The van der Waals surface area contributed by atoms with Crippen molar-refractivity contribution in [1.29, 1.82) is 0 Å². The van der Waals surface area contributed by atoms with Gasteiger partial charge in [0, 0.05) is 6.61 Å². The van der Waals surface area contributed by atoms with E-state index in [1.54, 1.807) is 0 Å². The SMILES string of the molecule is CCCCCCC/C=C/CCCCCCCCCCO[C@@H]1[C@H]([C@@H](O)CO)OC[C@H]1O. The van der Waals surface area contributed by atoms with E-state index in [2.05, 4.69) is 19.1 Å². The van der Waals surface area contributed by atoms with E-state index in [1.165, 1.54) is 83.5 Å². The molecule has 0 saturated carbocycles. The highest BCUT2D eigenvalue weighted by atomic mass is 16.6. The maximum atomic E-state index is 9.90. The lowest BCUT2D eigenvalue weighted by Crippen LogP contribution is -2.42. The van der Waals surface area contributed by atoms with Gasteiger partial charge in [0.15, 0.2) is 0 Å². The Morgan fingerprint density at radius 1 is 0.867 bits per heavy atom. The van der Waals surface area contributed by atoms with Crippen LogP contribution in [0.4, 0.5) is 0 Å². The molecule has 0 aromatic carbocycles. The van der Waals surface area contributed by atoms with Gasteiger partial charge in [0.25, 0.3) is 0 Å². The summed E-state index contributed by atoms with van der Waals surface area (Å²) >= 11 is 0. The first kappa shape index (κ1) is 27.6. The summed E-state index contributed by atoms with van der Waals surface area (Å²) in [6.45, 7) is 2.59. The zero-order valence-corrected chi connectivity index (χ0v) is 19.4. The first-order valence-corrected chi connectivity index (χ1v) is 12.6. The second-order valence-corrected chi connectivity index (χ2v) is 8.74. The number of allylic oxidation sites excluding steroid dienone is 2. The molecular weight excluding hydrogens is 380 g/mol. The Bertz CT molecular complexity index is 401. The summed E-state index contributed by atoms with van der Waals surface area (Å²) in [6, 6.07) is 0. The number of hydrogen-bond donors (Lipinski definition) is 3. The Morgan fingerprint density at radius 3 is 1.97 bits per heavy atom. The Hall–Kier alpha value is -0.460. The van der Waals surface area contributed by atoms with Gasteiger partial charge in [0.2, 0.25) is 0 Å². The Kier molecular flexibility index (Phi) is 17.7. The van der Waals surface area contributed by atoms with Gasteiger partial charge in [0.05, 0.1) is 13.2 Å². The van der Waals surface area contributed by atoms with Crippen molar-refractivity contribution in [2.75, 3.05) is 19.8 Å². The molecular formula is C25H48O5. The van der Waals surface area contributed by atoms with Crippen molar-refractivity contribution in [2.24, 2.45) is 0 Å². The van der Waals surface area contributed by atoms with Crippen molar-refractivity contribution < 1.29 is 24.8 Å². The second kappa shape index (κ2) is 19.2. The summed E-state index contributed by atoms with van der Waals surface area (Å²) < 4.78 is 11.1. The van der Waals surface area contributed by atoms with Crippen molar-refractivity contribution in [3.05, 3.63) is 12.2 Å². The van der Waals surface area contributed by atoms with Crippen LogP contribution in [0.2, 0.25) is 0 Å². The normalized spacial score (nSPS) is 22.9. The van der Waals surface area contributed by atoms with E-state index in [0.717, 1.165) is 12.8 Å². The lowest BCUT2D eigenvalue weighted by atomic mass is 10.1. The van der Waals surface area contributed by atoms with Crippen molar-refractivity contribution in [2.45, 2.75) is 128 Å². The van der Waals surface area contributed by atoms with Crippen molar-refractivity contribution in [3.63, 3.8) is 0 Å². The summed E-state index contributed by atoms with van der Waals surface area (Å²) in [7, 11) is 0. The first-order chi connectivity index (χ1) is 14.7. The van der Waals surface area contributed by atoms with E-state index < -0.39 is 24.4 Å². The molecule has 0 spiro atoms. The van der Waals surface area contributed by atoms with E-state index in [4.69, 9.17) is 14.6 Å². The Labute approximate surface area is 184 Å². The first-order valence-electron chi connectivity index (χ1n) is 12.6. The molecule has 3 N–H and O–H groups in total. The van der Waals surface area contributed by atoms with Crippen LogP contribution in [0.3, 0.4) is 0 Å². The Balaban J connectivity index is 1.84. The third-order valence-electron chi connectivity index (χ3n) is 5.95. The summed E-state index contributed by atoms with van der Waals surface area (Å²) in [5.41, 5.74) is 0. The van der Waals surface area contributed by atoms with Gasteiger partial charge in [-0.3, -0.25) is 0 Å². The van der Waals surface area contributed by atoms with Crippen LogP contribution < -0.4 is 0 Å². The molecule has 5 nitrogen and oxygen atoms in total. The van der Waals surface area contributed by atoms with Crippen molar-refractivity contribution in [3.8, 4) is 0 Å². The van der Waals surface area contributed by atoms with E-state index in [1.807, 2.05) is 0 Å². The molecule has 1 rings (SSSR count). The van der Waals surface area contributed by atoms with E-state index in [9.17, 15) is 10.2 Å². The zero-order valence-electron chi connectivity index (χ0n) is 19.4. The fourth-order valence-corrected chi connectivity index (χ4v) is 4.00. The Morgan fingerprint density at radius 2 is 1.40 bits per heavy atom. The van der Waals surface area contributed by atoms with E-state index in [0.29, 0.717) is 6.61 Å². The molecule has 4 atom stereocenters. The molecule has 1 saturated heterocycles. The van der Waals surface area contributed by atoms with Gasteiger partial charge >= 0.3 is 0 Å². The van der Waals surface area contributed by atoms with Gasteiger partial charge in [-0.2, -0.15) is 0 Å². The molecule has 1 aliphatic heterocycles. The summed E-state index contributed by atoms with van der Waals surface area (Å²) in [6.07, 6.45) is 21.0. The number of hydrogen-bond acceptors (Lipinski definition) is 5.